The molecule has 22 heavy (non-hydrogen) atoms. The van der Waals surface area contributed by atoms with E-state index in [1.54, 1.807) is 0 Å². The Balaban J connectivity index is 1.52. The van der Waals surface area contributed by atoms with Crippen molar-refractivity contribution in [1.29, 1.82) is 0 Å². The van der Waals surface area contributed by atoms with Crippen molar-refractivity contribution < 1.29 is 4.74 Å². The van der Waals surface area contributed by atoms with Crippen molar-refractivity contribution in [3.8, 4) is 0 Å². The molecule has 1 aliphatic rings. The number of benzene rings is 1. The molecule has 0 radical (unpaired) electrons. The van der Waals surface area contributed by atoms with E-state index in [2.05, 4.69) is 44.1 Å². The number of morpholine rings is 1. The number of hydrogen-bond acceptors (Lipinski definition) is 3. The van der Waals surface area contributed by atoms with Gasteiger partial charge in [-0.2, -0.15) is 0 Å². The Hall–Kier alpha value is -2.11. The molecular weight excluding hydrogens is 276 g/mol. The van der Waals surface area contributed by atoms with Gasteiger partial charge in [0.2, 0.25) is 0 Å². The van der Waals surface area contributed by atoms with Gasteiger partial charge < -0.3 is 14.7 Å². The molecule has 1 atom stereocenters. The summed E-state index contributed by atoms with van der Waals surface area (Å²) in [5.74, 6) is 0.932. The number of imidazole rings is 1. The number of aromatic nitrogens is 3. The third kappa shape index (κ3) is 2.53. The Morgan fingerprint density at radius 1 is 1.36 bits per heavy atom. The van der Waals surface area contributed by atoms with E-state index in [4.69, 9.17) is 4.74 Å². The van der Waals surface area contributed by atoms with Crippen LogP contribution in [-0.4, -0.2) is 39.5 Å². The van der Waals surface area contributed by atoms with Gasteiger partial charge in [0.05, 0.1) is 6.61 Å². The van der Waals surface area contributed by atoms with Gasteiger partial charge in [0.25, 0.3) is 0 Å². The number of nitrogens with one attached hydrogen (secondary N) is 2. The molecule has 5 heteroatoms. The maximum Gasteiger partial charge on any atom is 0.136 e. The molecule has 1 aromatic carbocycles. The first kappa shape index (κ1) is 13.5. The van der Waals surface area contributed by atoms with Crippen LogP contribution in [0.25, 0.3) is 10.9 Å². The Morgan fingerprint density at radius 2 is 2.32 bits per heavy atom. The molecular formula is C17H20N4O. The summed E-state index contributed by atoms with van der Waals surface area (Å²) in [7, 11) is 0. The lowest BCUT2D eigenvalue weighted by atomic mass is 10.1. The molecule has 3 heterocycles. The van der Waals surface area contributed by atoms with Gasteiger partial charge in [0.1, 0.15) is 11.9 Å². The number of aromatic amines is 2. The maximum absolute atomic E-state index is 5.88. The fourth-order valence-corrected chi connectivity index (χ4v) is 3.14. The first-order valence-corrected chi connectivity index (χ1v) is 7.70. The molecule has 0 saturated carbocycles. The molecule has 1 saturated heterocycles. The summed E-state index contributed by atoms with van der Waals surface area (Å²) >= 11 is 0. The van der Waals surface area contributed by atoms with Gasteiger partial charge >= 0.3 is 0 Å². The van der Waals surface area contributed by atoms with Gasteiger partial charge in [-0.05, 0) is 24.6 Å². The molecule has 2 aromatic heterocycles. The lowest BCUT2D eigenvalue weighted by Gasteiger charge is -2.32. The van der Waals surface area contributed by atoms with Gasteiger partial charge in [0, 0.05) is 48.6 Å². The van der Waals surface area contributed by atoms with Crippen LogP contribution in [0.3, 0.4) is 0 Å². The standard InChI is InChI=1S/C17H20N4O/c1-12-9-19-17(20-12)16-11-21(7-8-22-16)10-13-3-2-4-15-14(13)5-6-18-15/h2-6,9,16,18H,7-8,10-11H2,1H3,(H,19,20). The van der Waals surface area contributed by atoms with Gasteiger partial charge in [-0.1, -0.05) is 12.1 Å². The monoisotopic (exact) mass is 296 g/mol. The highest BCUT2D eigenvalue weighted by Crippen LogP contribution is 2.24. The largest absolute Gasteiger partial charge is 0.368 e. The molecule has 1 unspecified atom stereocenters. The van der Waals surface area contributed by atoms with Crippen molar-refractivity contribution >= 4 is 10.9 Å². The zero-order valence-corrected chi connectivity index (χ0v) is 12.7. The smallest absolute Gasteiger partial charge is 0.136 e. The Labute approximate surface area is 129 Å². The fraction of sp³-hybridized carbons (Fsp3) is 0.353. The molecule has 0 spiro atoms. The molecule has 1 fully saturated rings. The van der Waals surface area contributed by atoms with Crippen molar-refractivity contribution in [2.45, 2.75) is 19.6 Å². The van der Waals surface area contributed by atoms with E-state index in [0.29, 0.717) is 0 Å². The molecule has 1 aliphatic heterocycles. The van der Waals surface area contributed by atoms with Crippen molar-refractivity contribution in [2.24, 2.45) is 0 Å². The second-order valence-corrected chi connectivity index (χ2v) is 5.90. The summed E-state index contributed by atoms with van der Waals surface area (Å²) < 4.78 is 5.88. The third-order valence-electron chi connectivity index (χ3n) is 4.26. The average molecular weight is 296 g/mol. The first-order valence-electron chi connectivity index (χ1n) is 7.70. The number of ether oxygens (including phenoxy) is 1. The Morgan fingerprint density at radius 3 is 3.18 bits per heavy atom. The maximum atomic E-state index is 5.88. The quantitative estimate of drug-likeness (QED) is 0.781. The average Bonchev–Trinajstić information content (AvgIpc) is 3.17. The topological polar surface area (TPSA) is 56.9 Å². The minimum atomic E-state index is 0.0351. The Bertz CT molecular complexity index is 776. The Kier molecular flexibility index (Phi) is 3.44. The van der Waals surface area contributed by atoms with Gasteiger partial charge in [-0.15, -0.1) is 0 Å². The van der Waals surface area contributed by atoms with Crippen molar-refractivity contribution in [3.05, 3.63) is 53.7 Å². The zero-order chi connectivity index (χ0) is 14.9. The lowest BCUT2D eigenvalue weighted by Crippen LogP contribution is -2.38. The SMILES string of the molecule is Cc1cnc(C2CN(Cc3cccc4[nH]ccc34)CCO2)[nH]1. The van der Waals surface area contributed by atoms with E-state index in [1.807, 2.05) is 19.3 Å². The predicted octanol–water partition coefficient (Wildman–Crippen LogP) is 2.77. The number of aryl methyl sites for hydroxylation is 1. The van der Waals surface area contributed by atoms with E-state index in [1.165, 1.54) is 16.5 Å². The number of fused-ring (bicyclic) bond motifs is 1. The highest BCUT2D eigenvalue weighted by Gasteiger charge is 2.24. The first-order chi connectivity index (χ1) is 10.8. The fourth-order valence-electron chi connectivity index (χ4n) is 3.14. The van der Waals surface area contributed by atoms with Crippen molar-refractivity contribution in [3.63, 3.8) is 0 Å². The molecule has 0 bridgehead atoms. The summed E-state index contributed by atoms with van der Waals surface area (Å²) in [6.07, 6.45) is 3.90. The highest BCUT2D eigenvalue weighted by atomic mass is 16.5. The molecule has 4 rings (SSSR count). The zero-order valence-electron chi connectivity index (χ0n) is 12.7. The van der Waals surface area contributed by atoms with Crippen LogP contribution in [-0.2, 0) is 11.3 Å². The minimum absolute atomic E-state index is 0.0351. The van der Waals surface area contributed by atoms with Gasteiger partial charge in [-0.3, -0.25) is 4.90 Å². The third-order valence-corrected chi connectivity index (χ3v) is 4.26. The minimum Gasteiger partial charge on any atom is -0.368 e. The lowest BCUT2D eigenvalue weighted by molar-refractivity contribution is -0.0367. The van der Waals surface area contributed by atoms with Gasteiger partial charge in [0.15, 0.2) is 0 Å². The second kappa shape index (κ2) is 5.59. The van der Waals surface area contributed by atoms with Crippen LogP contribution in [0.15, 0.2) is 36.7 Å². The summed E-state index contributed by atoms with van der Waals surface area (Å²) in [6, 6.07) is 8.59. The van der Waals surface area contributed by atoms with Crippen molar-refractivity contribution in [2.75, 3.05) is 19.7 Å². The van der Waals surface area contributed by atoms with E-state index in [-0.39, 0.29) is 6.10 Å². The van der Waals surface area contributed by atoms with Crippen molar-refractivity contribution in [1.82, 2.24) is 19.9 Å². The van der Waals surface area contributed by atoms with Crippen LogP contribution >= 0.6 is 0 Å². The molecule has 0 amide bonds. The number of nitrogens with zero attached hydrogens (tertiary/aromatic N) is 2. The molecule has 3 aromatic rings. The number of hydrogen-bond donors (Lipinski definition) is 2. The second-order valence-electron chi connectivity index (χ2n) is 5.90. The van der Waals surface area contributed by atoms with Crippen LogP contribution in [0, 0.1) is 6.92 Å². The van der Waals surface area contributed by atoms with Crippen LogP contribution in [0.4, 0.5) is 0 Å². The van der Waals surface area contributed by atoms with Crippen LogP contribution < -0.4 is 0 Å². The van der Waals surface area contributed by atoms with Crippen LogP contribution in [0.2, 0.25) is 0 Å². The van der Waals surface area contributed by atoms with E-state index in [9.17, 15) is 0 Å². The van der Waals surface area contributed by atoms with Crippen LogP contribution in [0.5, 0.6) is 0 Å². The number of H-pyrrole nitrogens is 2. The van der Waals surface area contributed by atoms with Crippen LogP contribution in [0.1, 0.15) is 23.2 Å². The summed E-state index contributed by atoms with van der Waals surface area (Å²) in [4.78, 5) is 13.4. The molecule has 5 nitrogen and oxygen atoms in total. The molecule has 114 valence electrons. The van der Waals surface area contributed by atoms with E-state index < -0.39 is 0 Å². The van der Waals surface area contributed by atoms with E-state index >= 15 is 0 Å². The predicted molar refractivity (Wildman–Crippen MR) is 85.6 cm³/mol. The summed E-state index contributed by atoms with van der Waals surface area (Å²) in [5.41, 5.74) is 3.63. The summed E-state index contributed by atoms with van der Waals surface area (Å²) in [6.45, 7) is 5.52. The summed E-state index contributed by atoms with van der Waals surface area (Å²) in [5, 5.41) is 1.30. The van der Waals surface area contributed by atoms with E-state index in [0.717, 1.165) is 37.8 Å². The molecule has 2 N–H and O–H groups in total. The highest BCUT2D eigenvalue weighted by molar-refractivity contribution is 5.82. The molecule has 0 aliphatic carbocycles. The normalized spacial score (nSPS) is 19.8. The van der Waals surface area contributed by atoms with Gasteiger partial charge in [-0.25, -0.2) is 4.98 Å². The number of rotatable bonds is 3.